The lowest BCUT2D eigenvalue weighted by Gasteiger charge is -2.31. The lowest BCUT2D eigenvalue weighted by Crippen LogP contribution is -2.55. The van der Waals surface area contributed by atoms with Crippen molar-refractivity contribution < 1.29 is 76.7 Å². The Kier molecular flexibility index (Phi) is 28.0. The maximum atomic E-state index is 14.5. The molecule has 2 aliphatic heterocycles. The molecule has 14 amide bonds. The Morgan fingerprint density at radius 1 is 0.576 bits per heavy atom. The molecule has 2 heterocycles. The van der Waals surface area contributed by atoms with Crippen LogP contribution in [-0.2, 0) is 83.3 Å². The Balaban J connectivity index is 1.88. The van der Waals surface area contributed by atoms with E-state index in [4.69, 9.17) is 4.74 Å². The van der Waals surface area contributed by atoms with Gasteiger partial charge in [0.2, 0.25) is 82.7 Å². The second-order valence-electron chi connectivity index (χ2n) is 22.2. The van der Waals surface area contributed by atoms with Gasteiger partial charge in [-0.25, -0.2) is 0 Å². The van der Waals surface area contributed by atoms with Gasteiger partial charge in [0, 0.05) is 93.4 Å². The second-order valence-corrected chi connectivity index (χ2v) is 22.2. The van der Waals surface area contributed by atoms with Gasteiger partial charge >= 0.3 is 5.97 Å². The van der Waals surface area contributed by atoms with Crippen LogP contribution >= 0.6 is 0 Å². The van der Waals surface area contributed by atoms with Crippen LogP contribution in [0.25, 0.3) is 0 Å². The molecule has 3 rings (SSSR count). The fraction of sp³-hybridized carbons (Fsp3) is 0.625. The third kappa shape index (κ3) is 23.2. The van der Waals surface area contributed by atoms with Crippen molar-refractivity contribution in [3.05, 3.63) is 29.8 Å². The molecule has 2 aliphatic rings. The maximum Gasteiger partial charge on any atom is 0.308 e. The zero-order chi connectivity index (χ0) is 64.0. The molecule has 0 bridgehead atoms. The van der Waals surface area contributed by atoms with E-state index in [0.717, 1.165) is 34.3 Å². The number of hydrogen-bond donors (Lipinski definition) is 3. The number of nitrogens with zero attached hydrogens (tertiary/aromatic N) is 10. The third-order valence-corrected chi connectivity index (χ3v) is 14.2. The molecule has 1 aromatic rings. The summed E-state index contributed by atoms with van der Waals surface area (Å²) in [6.45, 7) is 2.01. The van der Waals surface area contributed by atoms with Crippen molar-refractivity contribution in [2.75, 3.05) is 140 Å². The molecule has 470 valence electrons. The number of likely N-dealkylation sites (tertiary alicyclic amines) is 1. The number of amides is 14. The van der Waals surface area contributed by atoms with Crippen molar-refractivity contribution in [2.45, 2.75) is 79.4 Å². The molecule has 0 saturated carbocycles. The van der Waals surface area contributed by atoms with Crippen LogP contribution in [0.1, 0.15) is 72.3 Å². The van der Waals surface area contributed by atoms with E-state index in [0.29, 0.717) is 24.1 Å². The number of benzene rings is 1. The van der Waals surface area contributed by atoms with Crippen LogP contribution in [-0.4, -0.2) is 278 Å². The summed E-state index contributed by atoms with van der Waals surface area (Å²) in [5.74, 6) is -11.1. The standard InChI is InChI=1S/C56H85N13O16/c1-36(2)53(54(82)57-25-41(70)58-40-19-17-39(18-20-40)35-85-56(84)37(3)4)59-42(71)26-67(43(72)16-14-13-15-21-69-44(73)24-38(5)55(69)83)34-52(81)68-32-50(79)61(7)23-22-60(6)45(74)27-62(8)46(75)28-63(9)47(76)29-64(10)48(77)30-65(11)49(78)31-66(12)51(80)33-68/h17-20,36-38,53H,13-16,21-35H2,1-12H3,(H,57,82)(H,58,70)(H,59,71). The molecule has 85 heavy (non-hydrogen) atoms. The summed E-state index contributed by atoms with van der Waals surface area (Å²) in [6.07, 6.45) is 0.695. The summed E-state index contributed by atoms with van der Waals surface area (Å²) in [6, 6.07) is 5.20. The van der Waals surface area contributed by atoms with Crippen molar-refractivity contribution in [3.63, 3.8) is 0 Å². The number of esters is 1. The van der Waals surface area contributed by atoms with Crippen LogP contribution in [0.15, 0.2) is 24.3 Å². The Morgan fingerprint density at radius 2 is 1.04 bits per heavy atom. The summed E-state index contributed by atoms with van der Waals surface area (Å²) in [5.41, 5.74) is 1.05. The number of likely N-dealkylation sites (N-methyl/N-ethyl adjacent to an activating group) is 7. The van der Waals surface area contributed by atoms with Crippen molar-refractivity contribution in [1.82, 2.24) is 59.6 Å². The van der Waals surface area contributed by atoms with Crippen LogP contribution in [0.4, 0.5) is 5.69 Å². The molecule has 0 spiro atoms. The topological polar surface area (TPSA) is 334 Å². The molecule has 2 unspecified atom stereocenters. The summed E-state index contributed by atoms with van der Waals surface area (Å²) in [5, 5.41) is 7.71. The quantitative estimate of drug-likeness (QED) is 0.0728. The predicted molar refractivity (Wildman–Crippen MR) is 305 cm³/mol. The van der Waals surface area contributed by atoms with Gasteiger partial charge in [-0.05, 0) is 36.5 Å². The highest BCUT2D eigenvalue weighted by Gasteiger charge is 2.36. The fourth-order valence-corrected chi connectivity index (χ4v) is 8.28. The molecular formula is C56H85N13O16. The zero-order valence-corrected chi connectivity index (χ0v) is 51.1. The summed E-state index contributed by atoms with van der Waals surface area (Å²) < 4.78 is 5.23. The van der Waals surface area contributed by atoms with E-state index in [1.165, 1.54) is 64.0 Å². The molecular weight excluding hydrogens is 1110 g/mol. The van der Waals surface area contributed by atoms with E-state index in [1.54, 1.807) is 58.9 Å². The number of unbranched alkanes of at least 4 members (excludes halogenated alkanes) is 2. The van der Waals surface area contributed by atoms with E-state index in [2.05, 4.69) is 16.0 Å². The maximum absolute atomic E-state index is 14.5. The van der Waals surface area contributed by atoms with E-state index in [9.17, 15) is 71.9 Å². The van der Waals surface area contributed by atoms with Crippen LogP contribution in [0.3, 0.4) is 0 Å². The SMILES string of the molecule is CC(C)C(=O)OCc1ccc(NC(=O)CNC(=O)C(NC(=O)CN(CC(=O)N2CC(=O)N(C)CCN(C)C(=O)CN(C)C(=O)CN(C)C(=O)CN(C)C(=O)CN(C)C(=O)CN(C)C(=O)C2)C(=O)CCCCCN2C(=O)CC(C)C2=O)C(C)C)cc1. The minimum Gasteiger partial charge on any atom is -0.461 e. The van der Waals surface area contributed by atoms with E-state index in [-0.39, 0.29) is 69.2 Å². The van der Waals surface area contributed by atoms with Crippen molar-refractivity contribution >= 4 is 94.4 Å². The van der Waals surface area contributed by atoms with Crippen LogP contribution < -0.4 is 16.0 Å². The lowest BCUT2D eigenvalue weighted by molar-refractivity contribution is -0.149. The Morgan fingerprint density at radius 3 is 1.48 bits per heavy atom. The predicted octanol–water partition coefficient (Wildman–Crippen LogP) is -2.58. The number of hydrogen-bond acceptors (Lipinski definition) is 16. The zero-order valence-electron chi connectivity index (χ0n) is 51.1. The van der Waals surface area contributed by atoms with E-state index >= 15 is 0 Å². The van der Waals surface area contributed by atoms with Gasteiger partial charge in [-0.1, -0.05) is 53.2 Å². The molecule has 29 nitrogen and oxygen atoms in total. The van der Waals surface area contributed by atoms with Gasteiger partial charge in [0.1, 0.15) is 38.8 Å². The molecule has 3 N–H and O–H groups in total. The largest absolute Gasteiger partial charge is 0.461 e. The molecule has 0 aromatic heterocycles. The average Bonchev–Trinajstić information content (AvgIpc) is 3.73. The smallest absolute Gasteiger partial charge is 0.308 e. The van der Waals surface area contributed by atoms with Gasteiger partial charge in [0.05, 0.1) is 45.2 Å². The van der Waals surface area contributed by atoms with Gasteiger partial charge < -0.3 is 64.8 Å². The first kappa shape index (κ1) is 70.7. The summed E-state index contributed by atoms with van der Waals surface area (Å²) in [4.78, 5) is 210. The number of ether oxygens (including phenoxy) is 1. The highest BCUT2D eigenvalue weighted by Crippen LogP contribution is 2.20. The molecule has 29 heteroatoms. The lowest BCUT2D eigenvalue weighted by atomic mass is 10.0. The van der Waals surface area contributed by atoms with Gasteiger partial charge in [-0.3, -0.25) is 76.8 Å². The Bertz CT molecular complexity index is 2650. The molecule has 0 aliphatic carbocycles. The Hall–Kier alpha value is -8.53. The number of rotatable bonds is 19. The van der Waals surface area contributed by atoms with Crippen molar-refractivity contribution in [3.8, 4) is 0 Å². The minimum absolute atomic E-state index is 0.0317. The van der Waals surface area contributed by atoms with Crippen LogP contribution in [0.2, 0.25) is 0 Å². The third-order valence-electron chi connectivity index (χ3n) is 14.2. The van der Waals surface area contributed by atoms with Gasteiger partial charge in [-0.2, -0.15) is 0 Å². The molecule has 2 atom stereocenters. The van der Waals surface area contributed by atoms with Gasteiger partial charge in [0.15, 0.2) is 0 Å². The normalized spacial score (nSPS) is 17.7. The minimum atomic E-state index is -1.27. The molecule has 0 radical (unpaired) electrons. The van der Waals surface area contributed by atoms with Crippen molar-refractivity contribution in [2.24, 2.45) is 17.8 Å². The van der Waals surface area contributed by atoms with E-state index in [1.807, 2.05) is 0 Å². The first-order valence-corrected chi connectivity index (χ1v) is 28.0. The molecule has 1 aromatic carbocycles. The first-order chi connectivity index (χ1) is 39.8. The highest BCUT2D eigenvalue weighted by atomic mass is 16.5. The number of anilines is 1. The van der Waals surface area contributed by atoms with Crippen LogP contribution in [0.5, 0.6) is 0 Å². The van der Waals surface area contributed by atoms with Crippen LogP contribution in [0, 0.1) is 17.8 Å². The highest BCUT2D eigenvalue weighted by molar-refractivity contribution is 6.03. The number of imide groups is 1. The van der Waals surface area contributed by atoms with Gasteiger partial charge in [0.25, 0.3) is 0 Å². The molecule has 2 fully saturated rings. The molecule has 2 saturated heterocycles. The number of nitrogens with one attached hydrogen (secondary N) is 3. The second kappa shape index (κ2) is 33.7. The van der Waals surface area contributed by atoms with E-state index < -0.39 is 154 Å². The summed E-state index contributed by atoms with van der Waals surface area (Å²) >= 11 is 0. The fourth-order valence-electron chi connectivity index (χ4n) is 8.28. The number of carbonyl (C=O) groups is 15. The van der Waals surface area contributed by atoms with Gasteiger partial charge in [-0.15, -0.1) is 0 Å². The van der Waals surface area contributed by atoms with Crippen molar-refractivity contribution in [1.29, 1.82) is 0 Å². The summed E-state index contributed by atoms with van der Waals surface area (Å²) in [7, 11) is 9.36. The monoisotopic (exact) mass is 1200 g/mol. The average molecular weight is 1200 g/mol. The number of carbonyl (C=O) groups excluding carboxylic acids is 15. The Labute approximate surface area is 495 Å². The first-order valence-electron chi connectivity index (χ1n) is 28.0.